The fourth-order valence-electron chi connectivity index (χ4n) is 2.42. The Morgan fingerprint density at radius 2 is 1.79 bits per heavy atom. The third-order valence-electron chi connectivity index (χ3n) is 3.96. The molecule has 2 aromatic carbocycles. The quantitative estimate of drug-likeness (QED) is 0.619. The van der Waals surface area contributed by atoms with Gasteiger partial charge in [-0.3, -0.25) is 10.1 Å². The van der Waals surface area contributed by atoms with Crippen molar-refractivity contribution in [3.05, 3.63) is 65.7 Å². The monoisotopic (exact) mass is 396 g/mol. The molecule has 0 aliphatic heterocycles. The highest BCUT2D eigenvalue weighted by molar-refractivity contribution is 8.00. The van der Waals surface area contributed by atoms with E-state index >= 15 is 0 Å². The fraction of sp³-hybridized carbons (Fsp3) is 0.200. The summed E-state index contributed by atoms with van der Waals surface area (Å²) in [6.45, 7) is 3.96. The van der Waals surface area contributed by atoms with Gasteiger partial charge in [-0.15, -0.1) is 10.2 Å². The molecular formula is C20H20N4O3S. The van der Waals surface area contributed by atoms with Crippen LogP contribution in [-0.2, 0) is 11.3 Å². The van der Waals surface area contributed by atoms with E-state index in [0.717, 1.165) is 28.5 Å². The van der Waals surface area contributed by atoms with E-state index in [-0.39, 0.29) is 5.22 Å². The molecule has 0 bridgehead atoms. The number of carbonyl (C=O) groups excluding carboxylic acids is 2. The summed E-state index contributed by atoms with van der Waals surface area (Å²) < 4.78 is 5.64. The van der Waals surface area contributed by atoms with Crippen LogP contribution >= 0.6 is 11.8 Å². The summed E-state index contributed by atoms with van der Waals surface area (Å²) in [5.74, 6) is -0.0417. The van der Waals surface area contributed by atoms with Gasteiger partial charge < -0.3 is 9.73 Å². The molecule has 8 heteroatoms. The van der Waals surface area contributed by atoms with Crippen LogP contribution in [0.25, 0.3) is 11.5 Å². The number of aromatic nitrogens is 2. The number of rotatable bonds is 6. The van der Waals surface area contributed by atoms with E-state index in [1.807, 2.05) is 61.5 Å². The number of hydrogen-bond acceptors (Lipinski definition) is 6. The van der Waals surface area contributed by atoms with Gasteiger partial charge in [0.2, 0.25) is 11.8 Å². The second kappa shape index (κ2) is 9.18. The molecular weight excluding hydrogens is 376 g/mol. The second-order valence-corrected chi connectivity index (χ2v) is 7.40. The summed E-state index contributed by atoms with van der Waals surface area (Å²) in [4.78, 5) is 24.1. The third-order valence-corrected chi connectivity index (χ3v) is 4.90. The number of hydrogen-bond donors (Lipinski definition) is 2. The summed E-state index contributed by atoms with van der Waals surface area (Å²) in [6, 6.07) is 16.6. The topological polar surface area (TPSA) is 97.1 Å². The van der Waals surface area contributed by atoms with Gasteiger partial charge in [0, 0.05) is 12.1 Å². The molecule has 0 saturated carbocycles. The standard InChI is InChI=1S/C20H20N4O3S/c1-13-8-6-7-11-16(13)18-23-24-20(27-18)28-14(2)17(25)22-19(26)21-12-15-9-4-3-5-10-15/h3-11,14H,12H2,1-2H3,(H2,21,22,25,26). The zero-order valence-corrected chi connectivity index (χ0v) is 16.3. The largest absolute Gasteiger partial charge is 0.411 e. The van der Waals surface area contributed by atoms with Crippen molar-refractivity contribution in [1.29, 1.82) is 0 Å². The lowest BCUT2D eigenvalue weighted by Crippen LogP contribution is -2.42. The number of benzene rings is 2. The van der Waals surface area contributed by atoms with Gasteiger partial charge in [-0.25, -0.2) is 4.79 Å². The van der Waals surface area contributed by atoms with Crippen LogP contribution in [0.2, 0.25) is 0 Å². The average molecular weight is 396 g/mol. The van der Waals surface area contributed by atoms with Crippen LogP contribution < -0.4 is 10.6 Å². The molecule has 144 valence electrons. The maximum Gasteiger partial charge on any atom is 0.321 e. The predicted octanol–water partition coefficient (Wildman–Crippen LogP) is 3.55. The molecule has 3 rings (SSSR count). The molecule has 1 unspecified atom stereocenters. The van der Waals surface area contributed by atoms with Gasteiger partial charge in [0.15, 0.2) is 0 Å². The smallest absolute Gasteiger partial charge is 0.321 e. The Labute approximate surface area is 166 Å². The van der Waals surface area contributed by atoms with E-state index in [1.54, 1.807) is 6.92 Å². The minimum atomic E-state index is -0.576. The number of nitrogens with zero attached hydrogens (tertiary/aromatic N) is 2. The van der Waals surface area contributed by atoms with Crippen molar-refractivity contribution in [3.63, 3.8) is 0 Å². The van der Waals surface area contributed by atoms with Crippen LogP contribution in [0.15, 0.2) is 64.2 Å². The number of thioether (sulfide) groups is 1. The van der Waals surface area contributed by atoms with Crippen molar-refractivity contribution in [2.24, 2.45) is 0 Å². The fourth-order valence-corrected chi connectivity index (χ4v) is 3.10. The van der Waals surface area contributed by atoms with Crippen molar-refractivity contribution in [2.45, 2.75) is 30.9 Å². The molecule has 1 heterocycles. The van der Waals surface area contributed by atoms with Crippen molar-refractivity contribution in [3.8, 4) is 11.5 Å². The van der Waals surface area contributed by atoms with Crippen molar-refractivity contribution in [2.75, 3.05) is 0 Å². The molecule has 7 nitrogen and oxygen atoms in total. The van der Waals surface area contributed by atoms with E-state index in [0.29, 0.717) is 12.4 Å². The molecule has 0 spiro atoms. The molecule has 0 saturated heterocycles. The lowest BCUT2D eigenvalue weighted by atomic mass is 10.1. The number of aryl methyl sites for hydroxylation is 1. The van der Waals surface area contributed by atoms with Gasteiger partial charge in [-0.1, -0.05) is 60.3 Å². The van der Waals surface area contributed by atoms with E-state index < -0.39 is 17.2 Å². The first-order valence-corrected chi connectivity index (χ1v) is 9.59. The molecule has 0 aliphatic rings. The van der Waals surface area contributed by atoms with Gasteiger partial charge in [0.1, 0.15) is 0 Å². The lowest BCUT2D eigenvalue weighted by Gasteiger charge is -2.10. The van der Waals surface area contributed by atoms with Gasteiger partial charge in [0.05, 0.1) is 5.25 Å². The molecule has 0 aliphatic carbocycles. The van der Waals surface area contributed by atoms with Crippen molar-refractivity contribution >= 4 is 23.7 Å². The number of urea groups is 1. The molecule has 28 heavy (non-hydrogen) atoms. The van der Waals surface area contributed by atoms with Gasteiger partial charge in [-0.05, 0) is 31.0 Å². The lowest BCUT2D eigenvalue weighted by molar-refractivity contribution is -0.119. The Balaban J connectivity index is 1.51. The summed E-state index contributed by atoms with van der Waals surface area (Å²) in [7, 11) is 0. The Bertz CT molecular complexity index is 959. The van der Waals surface area contributed by atoms with E-state index in [9.17, 15) is 9.59 Å². The molecule has 3 amide bonds. The SMILES string of the molecule is Cc1ccccc1-c1nnc(SC(C)C(=O)NC(=O)NCc2ccccc2)o1. The first-order valence-electron chi connectivity index (χ1n) is 8.71. The number of carbonyl (C=O) groups is 2. The Hall–Kier alpha value is -3.13. The normalized spacial score (nSPS) is 11.6. The second-order valence-electron chi connectivity index (χ2n) is 6.11. The molecule has 2 N–H and O–H groups in total. The summed E-state index contributed by atoms with van der Waals surface area (Å²) >= 11 is 1.10. The van der Waals surface area contributed by atoms with Crippen LogP contribution in [0.4, 0.5) is 4.79 Å². The van der Waals surface area contributed by atoms with Gasteiger partial charge in [0.25, 0.3) is 5.22 Å². The Morgan fingerprint density at radius 1 is 1.07 bits per heavy atom. The molecule has 3 aromatic rings. The molecule has 1 atom stereocenters. The number of amides is 3. The first kappa shape index (κ1) is 19.6. The Morgan fingerprint density at radius 3 is 2.54 bits per heavy atom. The molecule has 0 radical (unpaired) electrons. The van der Waals surface area contributed by atoms with E-state index in [2.05, 4.69) is 20.8 Å². The zero-order valence-electron chi connectivity index (χ0n) is 15.5. The number of nitrogens with one attached hydrogen (secondary N) is 2. The summed E-state index contributed by atoms with van der Waals surface area (Å²) in [5, 5.41) is 12.7. The minimum absolute atomic E-state index is 0.269. The maximum atomic E-state index is 12.2. The first-order chi connectivity index (χ1) is 13.5. The van der Waals surface area contributed by atoms with Crippen LogP contribution in [0.5, 0.6) is 0 Å². The highest BCUT2D eigenvalue weighted by atomic mass is 32.2. The van der Waals surface area contributed by atoms with Crippen LogP contribution in [0.3, 0.4) is 0 Å². The summed E-state index contributed by atoms with van der Waals surface area (Å²) in [6.07, 6.45) is 0. The van der Waals surface area contributed by atoms with Gasteiger partial charge in [-0.2, -0.15) is 0 Å². The van der Waals surface area contributed by atoms with Gasteiger partial charge >= 0.3 is 6.03 Å². The predicted molar refractivity (Wildman–Crippen MR) is 107 cm³/mol. The molecule has 1 aromatic heterocycles. The minimum Gasteiger partial charge on any atom is -0.411 e. The van der Waals surface area contributed by atoms with Crippen molar-refractivity contribution < 1.29 is 14.0 Å². The number of imide groups is 1. The highest BCUT2D eigenvalue weighted by Crippen LogP contribution is 2.27. The van der Waals surface area contributed by atoms with Crippen LogP contribution in [0, 0.1) is 6.92 Å². The van der Waals surface area contributed by atoms with Crippen LogP contribution in [0.1, 0.15) is 18.1 Å². The highest BCUT2D eigenvalue weighted by Gasteiger charge is 2.20. The van der Waals surface area contributed by atoms with E-state index in [4.69, 9.17) is 4.42 Å². The molecule has 0 fully saturated rings. The summed E-state index contributed by atoms with van der Waals surface area (Å²) in [5.41, 5.74) is 2.81. The third kappa shape index (κ3) is 5.20. The van der Waals surface area contributed by atoms with Crippen LogP contribution in [-0.4, -0.2) is 27.4 Å². The Kier molecular flexibility index (Phi) is 6.44. The maximum absolute atomic E-state index is 12.2. The zero-order chi connectivity index (χ0) is 19.9. The average Bonchev–Trinajstić information content (AvgIpc) is 3.15. The van der Waals surface area contributed by atoms with E-state index in [1.165, 1.54) is 0 Å². The van der Waals surface area contributed by atoms with Crippen molar-refractivity contribution in [1.82, 2.24) is 20.8 Å².